The lowest BCUT2D eigenvalue weighted by molar-refractivity contribution is -0.256. The molecule has 9 atom stereocenters. The SMILES string of the molecule is C[C@H]1C(=O)CC[C@@H]2[C@]3(C)CC[C@@]4(C)[C@@H]5CC(C)(C)CC[C@]5(C)CC(=O)[C@]4(CO)[C@H]3CC[C@]21C. The quantitative estimate of drug-likeness (QED) is 0.483. The highest BCUT2D eigenvalue weighted by atomic mass is 16.3. The molecule has 3 heteroatoms. The highest BCUT2D eigenvalue weighted by Crippen LogP contribution is 2.77. The summed E-state index contributed by atoms with van der Waals surface area (Å²) in [5, 5.41) is 11.2. The molecule has 0 bridgehead atoms. The Hall–Kier alpha value is -0.700. The summed E-state index contributed by atoms with van der Waals surface area (Å²) in [4.78, 5) is 27.1. The van der Waals surface area contributed by atoms with Crippen molar-refractivity contribution in [2.45, 2.75) is 113 Å². The number of ketones is 2. The van der Waals surface area contributed by atoms with Crippen LogP contribution in [0.3, 0.4) is 0 Å². The van der Waals surface area contributed by atoms with E-state index in [2.05, 4.69) is 48.5 Å². The van der Waals surface area contributed by atoms with Gasteiger partial charge in [-0.15, -0.1) is 0 Å². The van der Waals surface area contributed by atoms with Gasteiger partial charge in [-0.25, -0.2) is 0 Å². The highest BCUT2D eigenvalue weighted by Gasteiger charge is 2.75. The Morgan fingerprint density at radius 3 is 2.18 bits per heavy atom. The number of aliphatic hydroxyl groups is 1. The first-order chi connectivity index (χ1) is 15.2. The van der Waals surface area contributed by atoms with Crippen LogP contribution in [0.4, 0.5) is 0 Å². The molecule has 0 aliphatic heterocycles. The zero-order chi connectivity index (χ0) is 24.2. The minimum Gasteiger partial charge on any atom is -0.395 e. The van der Waals surface area contributed by atoms with Crippen LogP contribution in [-0.2, 0) is 9.59 Å². The molecule has 5 saturated carbocycles. The summed E-state index contributed by atoms with van der Waals surface area (Å²) in [6, 6.07) is 0. The molecule has 5 rings (SSSR count). The van der Waals surface area contributed by atoms with Crippen molar-refractivity contribution in [3.8, 4) is 0 Å². The fraction of sp³-hybridized carbons (Fsp3) is 0.933. The largest absolute Gasteiger partial charge is 0.395 e. The first-order valence-electron chi connectivity index (χ1n) is 13.9. The lowest BCUT2D eigenvalue weighted by Gasteiger charge is -2.74. The Morgan fingerprint density at radius 2 is 1.52 bits per heavy atom. The molecule has 186 valence electrons. The van der Waals surface area contributed by atoms with Crippen molar-refractivity contribution in [1.29, 1.82) is 0 Å². The predicted molar refractivity (Wildman–Crippen MR) is 132 cm³/mol. The molecule has 1 N–H and O–H groups in total. The van der Waals surface area contributed by atoms with Crippen molar-refractivity contribution in [1.82, 2.24) is 0 Å². The molecule has 0 amide bonds. The van der Waals surface area contributed by atoms with E-state index in [1.54, 1.807) is 0 Å². The minimum absolute atomic E-state index is 0.00746. The van der Waals surface area contributed by atoms with Crippen molar-refractivity contribution in [2.24, 2.45) is 56.2 Å². The van der Waals surface area contributed by atoms with Crippen molar-refractivity contribution in [3.63, 3.8) is 0 Å². The van der Waals surface area contributed by atoms with Crippen LogP contribution in [0.15, 0.2) is 0 Å². The number of rotatable bonds is 1. The molecule has 5 aliphatic carbocycles. The summed E-state index contributed by atoms with van der Waals surface area (Å²) in [6.07, 6.45) is 9.98. The lowest BCUT2D eigenvalue weighted by atomic mass is 9.29. The predicted octanol–water partition coefficient (Wildman–Crippen LogP) is 6.61. The number of hydrogen-bond donors (Lipinski definition) is 1. The Kier molecular flexibility index (Phi) is 5.06. The van der Waals surface area contributed by atoms with Gasteiger partial charge in [-0.2, -0.15) is 0 Å². The van der Waals surface area contributed by atoms with Gasteiger partial charge in [0.15, 0.2) is 0 Å². The summed E-state index contributed by atoms with van der Waals surface area (Å²) < 4.78 is 0. The van der Waals surface area contributed by atoms with Gasteiger partial charge in [0.2, 0.25) is 0 Å². The number of Topliss-reactive ketones (excluding diaryl/α,β-unsaturated/α-hetero) is 2. The molecular weight excluding hydrogens is 408 g/mol. The maximum absolute atomic E-state index is 14.3. The molecule has 0 aromatic heterocycles. The summed E-state index contributed by atoms with van der Waals surface area (Å²) in [7, 11) is 0. The number of carbonyl (C=O) groups is 2. The third-order valence-corrected chi connectivity index (χ3v) is 13.4. The molecule has 5 aliphatic rings. The second-order valence-corrected chi connectivity index (χ2v) is 15.1. The van der Waals surface area contributed by atoms with Gasteiger partial charge in [-0.3, -0.25) is 9.59 Å². The fourth-order valence-corrected chi connectivity index (χ4v) is 11.1. The molecule has 33 heavy (non-hydrogen) atoms. The smallest absolute Gasteiger partial charge is 0.142 e. The van der Waals surface area contributed by atoms with Gasteiger partial charge in [0, 0.05) is 18.8 Å². The molecule has 0 saturated heterocycles. The van der Waals surface area contributed by atoms with E-state index in [9.17, 15) is 14.7 Å². The van der Waals surface area contributed by atoms with Crippen LogP contribution in [0.5, 0.6) is 0 Å². The Balaban J connectivity index is 1.62. The normalized spacial score (nSPS) is 55.8. The average molecular weight is 457 g/mol. The van der Waals surface area contributed by atoms with Crippen LogP contribution in [0.25, 0.3) is 0 Å². The van der Waals surface area contributed by atoms with Crippen LogP contribution in [0.1, 0.15) is 113 Å². The molecule has 0 radical (unpaired) electrons. The summed E-state index contributed by atoms with van der Waals surface area (Å²) >= 11 is 0. The minimum atomic E-state index is -0.621. The Morgan fingerprint density at radius 1 is 0.818 bits per heavy atom. The van der Waals surface area contributed by atoms with Crippen LogP contribution in [0, 0.1) is 56.2 Å². The third kappa shape index (κ3) is 2.78. The zero-order valence-corrected chi connectivity index (χ0v) is 22.4. The van der Waals surface area contributed by atoms with E-state index in [0.29, 0.717) is 41.7 Å². The standard InChI is InChI=1S/C30H48O3/c1-19-20(32)8-9-21-27(19,5)11-10-22-28(21,6)14-15-29(7)23-16-25(2,3)12-13-26(23,4)17-24(33)30(22,29)18-31/h19,21-23,31H,8-18H2,1-7H3/t19-,21-,22-,23+,26+,27-,28-,29-,30-/m0/s1. The van der Waals surface area contributed by atoms with E-state index in [1.807, 2.05) is 0 Å². The molecular formula is C30H48O3. The van der Waals surface area contributed by atoms with Gasteiger partial charge in [0.05, 0.1) is 12.0 Å². The van der Waals surface area contributed by atoms with Gasteiger partial charge >= 0.3 is 0 Å². The van der Waals surface area contributed by atoms with Crippen LogP contribution >= 0.6 is 0 Å². The summed E-state index contributed by atoms with van der Waals surface area (Å²) in [6.45, 7) is 16.6. The monoisotopic (exact) mass is 456 g/mol. The zero-order valence-electron chi connectivity index (χ0n) is 22.4. The van der Waals surface area contributed by atoms with Gasteiger partial charge in [-0.1, -0.05) is 48.5 Å². The van der Waals surface area contributed by atoms with Crippen molar-refractivity contribution < 1.29 is 14.7 Å². The van der Waals surface area contributed by atoms with Crippen LogP contribution < -0.4 is 0 Å². The number of carbonyl (C=O) groups excluding carboxylic acids is 2. The first kappa shape index (κ1) is 24.0. The van der Waals surface area contributed by atoms with E-state index in [-0.39, 0.29) is 40.1 Å². The maximum Gasteiger partial charge on any atom is 0.142 e. The molecule has 0 unspecified atom stereocenters. The number of hydrogen-bond acceptors (Lipinski definition) is 3. The van der Waals surface area contributed by atoms with E-state index in [4.69, 9.17) is 0 Å². The lowest BCUT2D eigenvalue weighted by Crippen LogP contribution is -2.72. The molecule has 0 aromatic carbocycles. The topological polar surface area (TPSA) is 54.4 Å². The summed E-state index contributed by atoms with van der Waals surface area (Å²) in [5.41, 5.74) is -0.328. The molecule has 0 aromatic rings. The van der Waals surface area contributed by atoms with Crippen LogP contribution in [0.2, 0.25) is 0 Å². The number of aliphatic hydroxyl groups excluding tert-OH is 1. The van der Waals surface area contributed by atoms with Crippen molar-refractivity contribution >= 4 is 11.6 Å². The molecule has 3 nitrogen and oxygen atoms in total. The molecule has 5 fully saturated rings. The van der Waals surface area contributed by atoms with Gasteiger partial charge in [0.1, 0.15) is 11.6 Å². The van der Waals surface area contributed by atoms with Gasteiger partial charge in [-0.05, 0) is 96.2 Å². The Bertz CT molecular complexity index is 876. The van der Waals surface area contributed by atoms with E-state index < -0.39 is 5.41 Å². The summed E-state index contributed by atoms with van der Waals surface area (Å²) in [5.74, 6) is 2.09. The second-order valence-electron chi connectivity index (χ2n) is 15.1. The molecule has 0 spiro atoms. The van der Waals surface area contributed by atoms with E-state index in [1.165, 1.54) is 12.8 Å². The number of fused-ring (bicyclic) bond motifs is 7. The maximum atomic E-state index is 14.3. The van der Waals surface area contributed by atoms with Crippen LogP contribution in [-0.4, -0.2) is 23.3 Å². The van der Waals surface area contributed by atoms with Crippen molar-refractivity contribution in [2.75, 3.05) is 6.61 Å². The van der Waals surface area contributed by atoms with Crippen molar-refractivity contribution in [3.05, 3.63) is 0 Å². The molecule has 0 heterocycles. The first-order valence-corrected chi connectivity index (χ1v) is 13.9. The highest BCUT2D eigenvalue weighted by molar-refractivity contribution is 5.88. The Labute approximate surface area is 201 Å². The average Bonchev–Trinajstić information content (AvgIpc) is 2.73. The van der Waals surface area contributed by atoms with E-state index >= 15 is 0 Å². The fourth-order valence-electron chi connectivity index (χ4n) is 11.1. The third-order valence-electron chi connectivity index (χ3n) is 13.4. The van der Waals surface area contributed by atoms with Gasteiger partial charge in [0.25, 0.3) is 0 Å². The van der Waals surface area contributed by atoms with Gasteiger partial charge < -0.3 is 5.11 Å². The second kappa shape index (κ2) is 6.95. The van der Waals surface area contributed by atoms with E-state index in [0.717, 1.165) is 38.5 Å².